The maximum absolute atomic E-state index is 5.12. The van der Waals surface area contributed by atoms with E-state index in [2.05, 4.69) is 86.5 Å². The summed E-state index contributed by atoms with van der Waals surface area (Å²) in [6, 6.07) is 2.28. The minimum absolute atomic E-state index is 0.0164. The zero-order valence-corrected chi connectivity index (χ0v) is 19.9. The number of dihydropyridines is 1. The van der Waals surface area contributed by atoms with E-state index in [1.807, 2.05) is 6.34 Å². The summed E-state index contributed by atoms with van der Waals surface area (Å²) < 4.78 is 0. The van der Waals surface area contributed by atoms with E-state index in [0.717, 1.165) is 35.3 Å². The number of aliphatic imine (C=N–C) groups is 2. The van der Waals surface area contributed by atoms with Crippen LogP contribution in [0.1, 0.15) is 84.5 Å². The fourth-order valence-electron chi connectivity index (χ4n) is 4.42. The van der Waals surface area contributed by atoms with Crippen molar-refractivity contribution < 1.29 is 0 Å². The van der Waals surface area contributed by atoms with E-state index >= 15 is 0 Å². The van der Waals surface area contributed by atoms with Crippen LogP contribution in [0.25, 0.3) is 11.0 Å². The molecule has 6 heteroatoms. The predicted octanol–water partition coefficient (Wildman–Crippen LogP) is 5.45. The van der Waals surface area contributed by atoms with Crippen LogP contribution >= 0.6 is 0 Å². The normalized spacial score (nSPS) is 22.8. The lowest BCUT2D eigenvalue weighted by Gasteiger charge is -2.37. The Morgan fingerprint density at radius 1 is 1.10 bits per heavy atom. The Bertz CT molecular complexity index is 1020. The van der Waals surface area contributed by atoms with Crippen LogP contribution in [0.2, 0.25) is 0 Å². The first-order chi connectivity index (χ1) is 14.6. The van der Waals surface area contributed by atoms with Gasteiger partial charge in [0.25, 0.3) is 0 Å². The van der Waals surface area contributed by atoms with Crippen molar-refractivity contribution in [3.8, 4) is 0 Å². The van der Waals surface area contributed by atoms with Crippen molar-refractivity contribution >= 4 is 23.1 Å². The molecule has 1 N–H and O–H groups in total. The van der Waals surface area contributed by atoms with E-state index in [9.17, 15) is 0 Å². The highest BCUT2D eigenvalue weighted by Gasteiger charge is 2.37. The van der Waals surface area contributed by atoms with Gasteiger partial charge in [-0.05, 0) is 57.6 Å². The molecule has 0 radical (unpaired) electrons. The fourth-order valence-corrected chi connectivity index (χ4v) is 4.42. The quantitative estimate of drug-likeness (QED) is 0.675. The standard InChI is InChI=1S/C25H36N6/c1-15(2)20-12-21-23(27-13-26-21)22(29-20)17(4)9-8-16(3)18-10-11-19-24(30-18)31(14-28-19)25(5,6)7/h10-17,19,24H,8-9H2,1-7H3,(H,26,27). The second-order valence-corrected chi connectivity index (χ2v) is 10.4. The Labute approximate surface area is 186 Å². The van der Waals surface area contributed by atoms with Crippen LogP contribution < -0.4 is 0 Å². The van der Waals surface area contributed by atoms with E-state index in [1.54, 1.807) is 6.33 Å². The minimum Gasteiger partial charge on any atom is -0.344 e. The van der Waals surface area contributed by atoms with Gasteiger partial charge in [0.15, 0.2) is 0 Å². The average Bonchev–Trinajstić information content (AvgIpc) is 3.36. The molecule has 0 spiro atoms. The van der Waals surface area contributed by atoms with Gasteiger partial charge in [-0.25, -0.2) is 4.98 Å². The van der Waals surface area contributed by atoms with Gasteiger partial charge in [-0.3, -0.25) is 15.0 Å². The molecule has 0 saturated heterocycles. The lowest BCUT2D eigenvalue weighted by atomic mass is 9.90. The minimum atomic E-state index is 0.0164. The Morgan fingerprint density at radius 3 is 2.55 bits per heavy atom. The summed E-state index contributed by atoms with van der Waals surface area (Å²) in [7, 11) is 0. The third kappa shape index (κ3) is 4.30. The number of pyridine rings is 1. The summed E-state index contributed by atoms with van der Waals surface area (Å²) in [5, 5.41) is 0. The summed E-state index contributed by atoms with van der Waals surface area (Å²) >= 11 is 0. The molecule has 2 aliphatic rings. The van der Waals surface area contributed by atoms with E-state index in [1.165, 1.54) is 5.71 Å². The highest BCUT2D eigenvalue weighted by atomic mass is 15.4. The van der Waals surface area contributed by atoms with E-state index in [4.69, 9.17) is 9.98 Å². The number of fused-ring (bicyclic) bond motifs is 2. The van der Waals surface area contributed by atoms with Gasteiger partial charge in [0.05, 0.1) is 23.9 Å². The Balaban J connectivity index is 1.47. The molecule has 0 bridgehead atoms. The number of rotatable bonds is 6. The fraction of sp³-hybridized carbons (Fsp3) is 0.600. The molecule has 4 unspecified atom stereocenters. The molecule has 6 nitrogen and oxygen atoms in total. The van der Waals surface area contributed by atoms with Gasteiger partial charge in [0.2, 0.25) is 0 Å². The van der Waals surface area contributed by atoms with Gasteiger partial charge in [-0.1, -0.05) is 33.8 Å². The van der Waals surface area contributed by atoms with E-state index in [0.29, 0.717) is 17.8 Å². The first-order valence-corrected chi connectivity index (χ1v) is 11.6. The van der Waals surface area contributed by atoms with Crippen LogP contribution in [0.15, 0.2) is 34.5 Å². The molecule has 166 valence electrons. The summed E-state index contributed by atoms with van der Waals surface area (Å²) in [6.45, 7) is 15.6. The molecule has 4 rings (SSSR count). The lowest BCUT2D eigenvalue weighted by molar-refractivity contribution is 0.193. The number of hydrogen-bond donors (Lipinski definition) is 1. The monoisotopic (exact) mass is 420 g/mol. The molecule has 0 aliphatic carbocycles. The van der Waals surface area contributed by atoms with Gasteiger partial charge in [-0.15, -0.1) is 0 Å². The van der Waals surface area contributed by atoms with Gasteiger partial charge in [0, 0.05) is 22.9 Å². The van der Waals surface area contributed by atoms with Gasteiger partial charge in [-0.2, -0.15) is 0 Å². The number of aromatic nitrogens is 3. The number of allylic oxidation sites excluding steroid dienone is 1. The summed E-state index contributed by atoms with van der Waals surface area (Å²) in [6.07, 6.45) is 10.4. The largest absolute Gasteiger partial charge is 0.344 e. The maximum Gasteiger partial charge on any atom is 0.148 e. The Kier molecular flexibility index (Phi) is 5.75. The smallest absolute Gasteiger partial charge is 0.148 e. The van der Waals surface area contributed by atoms with Crippen LogP contribution in [0.5, 0.6) is 0 Å². The van der Waals surface area contributed by atoms with Crippen molar-refractivity contribution in [2.75, 3.05) is 0 Å². The lowest BCUT2D eigenvalue weighted by Crippen LogP contribution is -2.47. The second kappa shape index (κ2) is 8.21. The zero-order valence-electron chi connectivity index (χ0n) is 19.9. The van der Waals surface area contributed by atoms with Crippen molar-refractivity contribution in [1.82, 2.24) is 19.9 Å². The summed E-state index contributed by atoms with van der Waals surface area (Å²) in [5.41, 5.74) is 5.53. The molecule has 4 atom stereocenters. The first kappa shape index (κ1) is 21.7. The van der Waals surface area contributed by atoms with Gasteiger partial charge < -0.3 is 9.88 Å². The number of aromatic amines is 1. The Hall–Kier alpha value is -2.50. The summed E-state index contributed by atoms with van der Waals surface area (Å²) in [5.74, 6) is 1.13. The van der Waals surface area contributed by atoms with Crippen LogP contribution in [-0.2, 0) is 0 Å². The number of H-pyrrole nitrogens is 1. The Morgan fingerprint density at radius 2 is 1.84 bits per heavy atom. The topological polar surface area (TPSA) is 69.5 Å². The van der Waals surface area contributed by atoms with Crippen LogP contribution in [-0.4, -0.2) is 49.6 Å². The van der Waals surface area contributed by atoms with Crippen LogP contribution in [0.4, 0.5) is 0 Å². The average molecular weight is 421 g/mol. The van der Waals surface area contributed by atoms with Crippen molar-refractivity contribution in [3.05, 3.63) is 35.9 Å². The molecule has 0 saturated carbocycles. The molecule has 4 heterocycles. The highest BCUT2D eigenvalue weighted by molar-refractivity contribution is 5.98. The molecular weight excluding hydrogens is 384 g/mol. The second-order valence-electron chi connectivity index (χ2n) is 10.4. The molecule has 2 aromatic heterocycles. The van der Waals surface area contributed by atoms with Crippen molar-refractivity contribution in [3.63, 3.8) is 0 Å². The number of nitrogens with zero attached hydrogens (tertiary/aromatic N) is 5. The number of imidazole rings is 1. The zero-order chi connectivity index (χ0) is 22.3. The number of nitrogens with one attached hydrogen (secondary N) is 1. The third-order valence-corrected chi connectivity index (χ3v) is 6.52. The van der Waals surface area contributed by atoms with Crippen LogP contribution in [0, 0.1) is 5.92 Å². The van der Waals surface area contributed by atoms with Crippen molar-refractivity contribution in [1.29, 1.82) is 0 Å². The van der Waals surface area contributed by atoms with Gasteiger partial charge >= 0.3 is 0 Å². The highest BCUT2D eigenvalue weighted by Crippen LogP contribution is 2.31. The molecule has 2 aliphatic heterocycles. The van der Waals surface area contributed by atoms with Crippen LogP contribution in [0.3, 0.4) is 0 Å². The maximum atomic E-state index is 5.12. The molecule has 0 aromatic carbocycles. The molecule has 31 heavy (non-hydrogen) atoms. The molecule has 0 amide bonds. The predicted molar refractivity (Wildman–Crippen MR) is 129 cm³/mol. The van der Waals surface area contributed by atoms with Crippen molar-refractivity contribution in [2.24, 2.45) is 15.9 Å². The molecular formula is C25H36N6. The molecule has 0 fully saturated rings. The molecule has 2 aromatic rings. The van der Waals surface area contributed by atoms with Gasteiger partial charge in [0.1, 0.15) is 17.7 Å². The summed E-state index contributed by atoms with van der Waals surface area (Å²) in [4.78, 5) is 24.9. The number of hydrogen-bond acceptors (Lipinski definition) is 5. The van der Waals surface area contributed by atoms with E-state index < -0.39 is 0 Å². The van der Waals surface area contributed by atoms with Crippen molar-refractivity contribution in [2.45, 2.75) is 90.9 Å². The first-order valence-electron chi connectivity index (χ1n) is 11.6. The van der Waals surface area contributed by atoms with E-state index in [-0.39, 0.29) is 17.7 Å². The SMILES string of the molecule is CC(CCC(C)c1nc(C(C)C)cc2[nH]cnc12)C1=NC2C(C=C1)N=CN2C(C)(C)C. The third-order valence-electron chi connectivity index (χ3n) is 6.52.